The van der Waals surface area contributed by atoms with Crippen LogP contribution in [0.3, 0.4) is 0 Å². The van der Waals surface area contributed by atoms with E-state index in [-0.39, 0.29) is 0 Å². The highest BCUT2D eigenvalue weighted by Crippen LogP contribution is 2.33. The number of nitrogens with zero attached hydrogens (tertiary/aromatic N) is 1. The fourth-order valence-electron chi connectivity index (χ4n) is 3.38. The first-order valence-corrected chi connectivity index (χ1v) is 7.01. The van der Waals surface area contributed by atoms with Gasteiger partial charge in [-0.1, -0.05) is 13.0 Å². The highest BCUT2D eigenvalue weighted by atomic mass is 15.0. The molecule has 1 aliphatic heterocycles. The molecule has 2 heterocycles. The van der Waals surface area contributed by atoms with Crippen LogP contribution in [-0.4, -0.2) is 17.7 Å². The zero-order chi connectivity index (χ0) is 12.7. The second-order valence-corrected chi connectivity index (χ2v) is 5.46. The molecule has 1 aromatic carbocycles. The molecule has 2 heteroatoms. The average molecular weight is 242 g/mol. The summed E-state index contributed by atoms with van der Waals surface area (Å²) in [6, 6.07) is 6.92. The molecule has 96 valence electrons. The molecule has 1 fully saturated rings. The number of nitrogens with one attached hydrogen (secondary N) is 1. The van der Waals surface area contributed by atoms with E-state index in [1.165, 1.54) is 34.1 Å². The molecule has 0 amide bonds. The first-order valence-electron chi connectivity index (χ1n) is 7.01. The van der Waals surface area contributed by atoms with Crippen LogP contribution in [0.5, 0.6) is 0 Å². The normalized spacial score (nSPS) is 19.8. The standard InChI is InChI=1S/C16H22N2/c1-4-12-5-6-15-14(9-12)11(2)16(18(15)3)13-7-8-17-10-13/h5-6,9,13,17H,4,7-8,10H2,1-3H3. The quantitative estimate of drug-likeness (QED) is 0.856. The fourth-order valence-corrected chi connectivity index (χ4v) is 3.38. The van der Waals surface area contributed by atoms with Crippen molar-refractivity contribution in [2.45, 2.75) is 32.6 Å². The van der Waals surface area contributed by atoms with Crippen molar-refractivity contribution < 1.29 is 0 Å². The largest absolute Gasteiger partial charge is 0.347 e. The lowest BCUT2D eigenvalue weighted by Crippen LogP contribution is -2.11. The highest BCUT2D eigenvalue weighted by molar-refractivity contribution is 5.86. The van der Waals surface area contributed by atoms with Crippen LogP contribution in [0.4, 0.5) is 0 Å². The zero-order valence-electron chi connectivity index (χ0n) is 11.6. The second-order valence-electron chi connectivity index (χ2n) is 5.46. The lowest BCUT2D eigenvalue weighted by atomic mass is 9.99. The van der Waals surface area contributed by atoms with Gasteiger partial charge in [-0.15, -0.1) is 0 Å². The van der Waals surface area contributed by atoms with E-state index in [0.29, 0.717) is 5.92 Å². The van der Waals surface area contributed by atoms with E-state index in [4.69, 9.17) is 0 Å². The molecule has 0 saturated carbocycles. The number of hydrogen-bond acceptors (Lipinski definition) is 1. The third-order valence-electron chi connectivity index (χ3n) is 4.43. The Hall–Kier alpha value is -1.28. The number of benzene rings is 1. The van der Waals surface area contributed by atoms with Crippen LogP contribution in [-0.2, 0) is 13.5 Å². The number of rotatable bonds is 2. The molecule has 1 aliphatic rings. The predicted octanol–water partition coefficient (Wildman–Crippen LogP) is 3.13. The van der Waals surface area contributed by atoms with Gasteiger partial charge in [0.25, 0.3) is 0 Å². The first kappa shape index (κ1) is 11.8. The summed E-state index contributed by atoms with van der Waals surface area (Å²) in [6.07, 6.45) is 2.39. The number of aryl methyl sites for hydroxylation is 3. The van der Waals surface area contributed by atoms with Gasteiger partial charge in [-0.3, -0.25) is 0 Å². The summed E-state index contributed by atoms with van der Waals surface area (Å²) in [6.45, 7) is 6.80. The maximum Gasteiger partial charge on any atom is 0.0482 e. The van der Waals surface area contributed by atoms with Gasteiger partial charge in [-0.05, 0) is 49.6 Å². The Morgan fingerprint density at radius 3 is 2.89 bits per heavy atom. The van der Waals surface area contributed by atoms with E-state index in [1.54, 1.807) is 0 Å². The third kappa shape index (κ3) is 1.67. The molecule has 0 bridgehead atoms. The molecule has 2 nitrogen and oxygen atoms in total. The Morgan fingerprint density at radius 1 is 1.39 bits per heavy atom. The van der Waals surface area contributed by atoms with Gasteiger partial charge >= 0.3 is 0 Å². The number of fused-ring (bicyclic) bond motifs is 1. The summed E-state index contributed by atoms with van der Waals surface area (Å²) in [5, 5.41) is 4.92. The second kappa shape index (κ2) is 4.43. The van der Waals surface area contributed by atoms with Gasteiger partial charge in [0.1, 0.15) is 0 Å². The van der Waals surface area contributed by atoms with Crippen molar-refractivity contribution in [3.63, 3.8) is 0 Å². The predicted molar refractivity (Wildman–Crippen MR) is 77.3 cm³/mol. The summed E-state index contributed by atoms with van der Waals surface area (Å²) >= 11 is 0. The van der Waals surface area contributed by atoms with Crippen LogP contribution >= 0.6 is 0 Å². The summed E-state index contributed by atoms with van der Waals surface area (Å²) in [4.78, 5) is 0. The lowest BCUT2D eigenvalue weighted by Gasteiger charge is -2.12. The van der Waals surface area contributed by atoms with Gasteiger partial charge in [-0.25, -0.2) is 0 Å². The molecule has 0 radical (unpaired) electrons. The van der Waals surface area contributed by atoms with Crippen LogP contribution in [0.2, 0.25) is 0 Å². The molecule has 1 atom stereocenters. The molecule has 3 rings (SSSR count). The van der Waals surface area contributed by atoms with E-state index < -0.39 is 0 Å². The Bertz CT molecular complexity index is 574. The summed E-state index contributed by atoms with van der Waals surface area (Å²) in [7, 11) is 2.22. The van der Waals surface area contributed by atoms with Crippen molar-refractivity contribution in [1.29, 1.82) is 0 Å². The van der Waals surface area contributed by atoms with E-state index in [0.717, 1.165) is 19.5 Å². The van der Waals surface area contributed by atoms with Gasteiger partial charge in [0.15, 0.2) is 0 Å². The topological polar surface area (TPSA) is 17.0 Å². The monoisotopic (exact) mass is 242 g/mol. The van der Waals surface area contributed by atoms with Gasteiger partial charge in [0.2, 0.25) is 0 Å². The summed E-state index contributed by atoms with van der Waals surface area (Å²) < 4.78 is 2.40. The smallest absolute Gasteiger partial charge is 0.0482 e. The van der Waals surface area contributed by atoms with Gasteiger partial charge in [0, 0.05) is 36.1 Å². The molecule has 1 saturated heterocycles. The molecular formula is C16H22N2. The van der Waals surface area contributed by atoms with Crippen molar-refractivity contribution in [2.24, 2.45) is 7.05 Å². The molecular weight excluding hydrogens is 220 g/mol. The Labute approximate surface area is 109 Å². The first-order chi connectivity index (χ1) is 8.72. The fraction of sp³-hybridized carbons (Fsp3) is 0.500. The van der Waals surface area contributed by atoms with Crippen LogP contribution in [0.15, 0.2) is 18.2 Å². The maximum atomic E-state index is 3.48. The van der Waals surface area contributed by atoms with E-state index in [1.807, 2.05) is 0 Å². The maximum absolute atomic E-state index is 3.48. The Kier molecular flexibility index (Phi) is 2.90. The molecule has 0 aliphatic carbocycles. The molecule has 1 N–H and O–H groups in total. The van der Waals surface area contributed by atoms with E-state index in [9.17, 15) is 0 Å². The van der Waals surface area contributed by atoms with Gasteiger partial charge in [0.05, 0.1) is 0 Å². The average Bonchev–Trinajstić information content (AvgIpc) is 2.98. The zero-order valence-corrected chi connectivity index (χ0v) is 11.6. The van der Waals surface area contributed by atoms with Crippen molar-refractivity contribution in [1.82, 2.24) is 9.88 Å². The van der Waals surface area contributed by atoms with Crippen LogP contribution in [0.25, 0.3) is 10.9 Å². The minimum absolute atomic E-state index is 0.687. The van der Waals surface area contributed by atoms with Gasteiger partial charge in [-0.2, -0.15) is 0 Å². The number of aromatic nitrogens is 1. The molecule has 1 unspecified atom stereocenters. The minimum atomic E-state index is 0.687. The van der Waals surface area contributed by atoms with Gasteiger partial charge < -0.3 is 9.88 Å². The van der Waals surface area contributed by atoms with E-state index >= 15 is 0 Å². The minimum Gasteiger partial charge on any atom is -0.347 e. The summed E-state index contributed by atoms with van der Waals surface area (Å²) in [5.74, 6) is 0.687. The molecule has 1 aromatic heterocycles. The van der Waals surface area contributed by atoms with Crippen LogP contribution in [0, 0.1) is 6.92 Å². The van der Waals surface area contributed by atoms with Crippen molar-refractivity contribution in [3.8, 4) is 0 Å². The molecule has 0 spiro atoms. The molecule has 18 heavy (non-hydrogen) atoms. The third-order valence-corrected chi connectivity index (χ3v) is 4.43. The van der Waals surface area contributed by atoms with E-state index in [2.05, 4.69) is 49.0 Å². The highest BCUT2D eigenvalue weighted by Gasteiger charge is 2.23. The van der Waals surface area contributed by atoms with Crippen molar-refractivity contribution >= 4 is 10.9 Å². The summed E-state index contributed by atoms with van der Waals surface area (Å²) in [5.41, 5.74) is 5.83. The van der Waals surface area contributed by atoms with Crippen LogP contribution < -0.4 is 5.32 Å². The lowest BCUT2D eigenvalue weighted by molar-refractivity contribution is 0.688. The van der Waals surface area contributed by atoms with Crippen LogP contribution in [0.1, 0.15) is 36.1 Å². The van der Waals surface area contributed by atoms with Crippen molar-refractivity contribution in [2.75, 3.05) is 13.1 Å². The Balaban J connectivity index is 2.20. The molecule has 2 aromatic rings. The van der Waals surface area contributed by atoms with Crippen molar-refractivity contribution in [3.05, 3.63) is 35.0 Å². The Morgan fingerprint density at radius 2 is 2.22 bits per heavy atom. The SMILES string of the molecule is CCc1ccc2c(c1)c(C)c(C1CCNC1)n2C. The number of hydrogen-bond donors (Lipinski definition) is 1.